The van der Waals surface area contributed by atoms with Crippen LogP contribution >= 0.6 is 23.2 Å². The molecule has 0 aliphatic carbocycles. The number of hydrogen-bond donors (Lipinski definition) is 3. The van der Waals surface area contributed by atoms with Gasteiger partial charge in [0.1, 0.15) is 41.8 Å². The lowest BCUT2D eigenvalue weighted by Crippen LogP contribution is -2.55. The summed E-state index contributed by atoms with van der Waals surface area (Å²) >= 11 is 12.2. The van der Waals surface area contributed by atoms with Crippen LogP contribution in [-0.4, -0.2) is 59.9 Å². The lowest BCUT2D eigenvalue weighted by Gasteiger charge is -2.37. The lowest BCUT2D eigenvalue weighted by atomic mass is 9.93. The number of ether oxygens (including phenoxy) is 3. The van der Waals surface area contributed by atoms with Gasteiger partial charge in [0.15, 0.2) is 17.6 Å². The van der Waals surface area contributed by atoms with Crippen LogP contribution in [0, 0.1) is 18.3 Å². The van der Waals surface area contributed by atoms with Crippen LogP contribution in [-0.2, 0) is 45.6 Å². The number of anilines is 1. The molecule has 0 radical (unpaired) electrons. The van der Waals surface area contributed by atoms with Crippen molar-refractivity contribution in [2.75, 3.05) is 18.5 Å². The number of nitriles is 1. The number of aryl methyl sites for hydroxylation is 1. The maximum atomic E-state index is 14.7. The van der Waals surface area contributed by atoms with Gasteiger partial charge in [-0.1, -0.05) is 77.8 Å². The number of hydrogen-bond acceptors (Lipinski definition) is 10. The first-order valence-corrected chi connectivity index (χ1v) is 23.0. The average molecular weight is 933 g/mol. The van der Waals surface area contributed by atoms with Gasteiger partial charge in [0.05, 0.1) is 27.4 Å². The van der Waals surface area contributed by atoms with Gasteiger partial charge >= 0.3 is 5.97 Å². The Balaban J connectivity index is 1.03. The fourth-order valence-corrected chi connectivity index (χ4v) is 9.89. The van der Waals surface area contributed by atoms with Crippen LogP contribution in [0.25, 0.3) is 11.1 Å². The highest BCUT2D eigenvalue weighted by Crippen LogP contribution is 2.42. The number of carbonyl (C=O) groups excluding carboxylic acids is 1. The predicted molar refractivity (Wildman–Crippen MR) is 246 cm³/mol. The summed E-state index contributed by atoms with van der Waals surface area (Å²) in [4.78, 5) is 31.4. The van der Waals surface area contributed by atoms with Crippen molar-refractivity contribution in [1.29, 1.82) is 5.26 Å². The van der Waals surface area contributed by atoms with Gasteiger partial charge in [-0.05, 0) is 120 Å². The van der Waals surface area contributed by atoms with Crippen molar-refractivity contribution in [2.24, 2.45) is 0 Å². The Labute approximate surface area is 386 Å². The number of aromatic nitrogens is 1. The van der Waals surface area contributed by atoms with Crippen molar-refractivity contribution in [1.82, 2.24) is 14.6 Å². The number of halogens is 2. The molecule has 1 unspecified atom stereocenters. The van der Waals surface area contributed by atoms with Crippen LogP contribution in [0.3, 0.4) is 0 Å². The number of nitrogens with one attached hydrogen (secondary N) is 2. The first-order chi connectivity index (χ1) is 31.3. The number of benzene rings is 5. The molecule has 16 heteroatoms. The fraction of sp³-hybridized carbons (Fsp3) is 0.224. The third-order valence-corrected chi connectivity index (χ3v) is 14.0. The molecular formula is C49H43Cl2N5O8S. The van der Waals surface area contributed by atoms with Crippen LogP contribution < -0.4 is 24.8 Å². The lowest BCUT2D eigenvalue weighted by molar-refractivity contribution is -0.142. The minimum Gasteiger partial charge on any atom is -0.489 e. The Morgan fingerprint density at radius 3 is 2.26 bits per heavy atom. The largest absolute Gasteiger partial charge is 0.489 e. The minimum atomic E-state index is -4.40. The number of aliphatic carboxylic acids is 1. The van der Waals surface area contributed by atoms with Gasteiger partial charge in [-0.3, -0.25) is 4.79 Å². The SMILES string of the molecule is CCNc1ccc(S(=O)(=O)N2Cc3cc4c(cc3C[C@H]2C(=O)N[C@@H](Cc2ccc(-c3ccc(C#N)cc3)cc2)C(=O)O)OCC(c2ccc(OCc3ccc(Cl)c(Cl)c3)cc2)O4)c(C)n1. The highest BCUT2D eigenvalue weighted by atomic mass is 35.5. The van der Waals surface area contributed by atoms with Crippen molar-refractivity contribution in [3.05, 3.63) is 164 Å². The van der Waals surface area contributed by atoms with Crippen LogP contribution in [0.4, 0.5) is 5.82 Å². The van der Waals surface area contributed by atoms with Crippen molar-refractivity contribution >= 4 is 50.9 Å². The molecule has 1 aromatic heterocycles. The number of rotatable bonds is 14. The van der Waals surface area contributed by atoms with E-state index in [2.05, 4.69) is 21.7 Å². The number of carbonyl (C=O) groups is 2. The molecule has 65 heavy (non-hydrogen) atoms. The highest BCUT2D eigenvalue weighted by molar-refractivity contribution is 7.89. The molecule has 0 spiro atoms. The van der Waals surface area contributed by atoms with Crippen molar-refractivity contribution in [2.45, 2.75) is 62.9 Å². The average Bonchev–Trinajstić information content (AvgIpc) is 3.31. The van der Waals surface area contributed by atoms with E-state index in [1.807, 2.05) is 61.5 Å². The van der Waals surface area contributed by atoms with Crippen LogP contribution in [0.15, 0.2) is 120 Å². The molecule has 2 aliphatic heterocycles. The monoisotopic (exact) mass is 931 g/mol. The molecule has 3 atom stereocenters. The van der Waals surface area contributed by atoms with Crippen molar-refractivity contribution in [3.63, 3.8) is 0 Å². The molecule has 0 bridgehead atoms. The van der Waals surface area contributed by atoms with Crippen molar-refractivity contribution < 1.29 is 37.3 Å². The Morgan fingerprint density at radius 2 is 1.60 bits per heavy atom. The fourth-order valence-electron chi connectivity index (χ4n) is 7.84. The zero-order valence-electron chi connectivity index (χ0n) is 35.3. The molecule has 0 saturated carbocycles. The predicted octanol–water partition coefficient (Wildman–Crippen LogP) is 8.69. The molecule has 3 heterocycles. The summed E-state index contributed by atoms with van der Waals surface area (Å²) in [5, 5.41) is 26.1. The number of carboxylic acids is 1. The molecule has 8 rings (SSSR count). The van der Waals surface area contributed by atoms with E-state index in [1.165, 1.54) is 6.07 Å². The number of nitrogens with zero attached hydrogens (tertiary/aromatic N) is 3. The molecule has 0 saturated heterocycles. The van der Waals surface area contributed by atoms with Crippen LogP contribution in [0.5, 0.6) is 17.2 Å². The second kappa shape index (κ2) is 19.2. The quantitative estimate of drug-likeness (QED) is 0.0951. The van der Waals surface area contributed by atoms with Gasteiger partial charge in [-0.25, -0.2) is 18.2 Å². The zero-order chi connectivity index (χ0) is 45.8. The van der Waals surface area contributed by atoms with E-state index in [-0.39, 0.29) is 36.6 Å². The van der Waals surface area contributed by atoms with E-state index in [9.17, 15) is 23.1 Å². The summed E-state index contributed by atoms with van der Waals surface area (Å²) < 4.78 is 49.1. The maximum absolute atomic E-state index is 14.7. The van der Waals surface area contributed by atoms with Crippen LogP contribution in [0.2, 0.25) is 10.0 Å². The molecule has 1 amide bonds. The van der Waals surface area contributed by atoms with Gasteiger partial charge in [0.25, 0.3) is 0 Å². The molecule has 6 aromatic rings. The van der Waals surface area contributed by atoms with E-state index in [0.717, 1.165) is 26.6 Å². The maximum Gasteiger partial charge on any atom is 0.326 e. The first-order valence-electron chi connectivity index (χ1n) is 20.8. The number of fused-ring (bicyclic) bond motifs is 2. The van der Waals surface area contributed by atoms with E-state index < -0.39 is 40.1 Å². The number of sulfonamides is 1. The summed E-state index contributed by atoms with van der Waals surface area (Å²) in [6, 6.07) is 33.0. The minimum absolute atomic E-state index is 0.0615. The van der Waals surface area contributed by atoms with Gasteiger partial charge < -0.3 is 30.0 Å². The zero-order valence-corrected chi connectivity index (χ0v) is 37.6. The van der Waals surface area contributed by atoms with E-state index in [0.29, 0.717) is 68.5 Å². The number of carboxylic acid groups (broad SMARTS) is 1. The Hall–Kier alpha value is -6.63. The molecule has 2 aliphatic rings. The molecular weight excluding hydrogens is 890 g/mol. The van der Waals surface area contributed by atoms with E-state index in [1.54, 1.807) is 61.5 Å². The van der Waals surface area contributed by atoms with E-state index in [4.69, 9.17) is 42.7 Å². The normalized spacial score (nSPS) is 16.1. The number of amides is 1. The first kappa shape index (κ1) is 45.0. The third-order valence-electron chi connectivity index (χ3n) is 11.3. The molecule has 332 valence electrons. The Bertz CT molecular complexity index is 2910. The summed E-state index contributed by atoms with van der Waals surface area (Å²) in [7, 11) is -4.40. The summed E-state index contributed by atoms with van der Waals surface area (Å²) in [6.45, 7) is 4.32. The Kier molecular flexibility index (Phi) is 13.3. The Morgan fingerprint density at radius 1 is 0.908 bits per heavy atom. The summed E-state index contributed by atoms with van der Waals surface area (Å²) in [5.41, 5.74) is 6.10. The van der Waals surface area contributed by atoms with E-state index >= 15 is 0 Å². The standard InChI is InChI=1S/C49H43Cl2N5O8S/c1-3-53-47-19-18-46(29(2)54-47)65(60,61)56-26-37-24-44-43(63-28-45(64-44)35-13-15-38(16-14-35)62-27-32-8-17-39(50)40(51)20-32)23-36(37)22-42(56)48(57)55-41(49(58)59)21-30-4-9-33(10-5-30)34-11-6-31(25-52)7-12-34/h4-20,23-24,41-42,45H,3,21-22,26-28H2,1-2H3,(H,53,54)(H,55,57)(H,58,59)/t41-,42-,45?/m0/s1. The smallest absolute Gasteiger partial charge is 0.326 e. The third kappa shape index (κ3) is 10.0. The topological polar surface area (TPSA) is 180 Å². The van der Waals surface area contributed by atoms with Gasteiger partial charge in [0, 0.05) is 19.5 Å². The van der Waals surface area contributed by atoms with Gasteiger partial charge in [-0.2, -0.15) is 9.57 Å². The number of pyridine rings is 1. The van der Waals surface area contributed by atoms with Crippen LogP contribution in [0.1, 0.15) is 52.1 Å². The summed E-state index contributed by atoms with van der Waals surface area (Å²) in [5.74, 6) is -0.0701. The second-order valence-electron chi connectivity index (χ2n) is 15.7. The van der Waals surface area contributed by atoms with Gasteiger partial charge in [-0.15, -0.1) is 0 Å². The molecule has 0 fully saturated rings. The summed E-state index contributed by atoms with van der Waals surface area (Å²) in [6.07, 6.45) is -0.623. The second-order valence-corrected chi connectivity index (χ2v) is 18.3. The molecule has 5 aromatic carbocycles. The molecule has 3 N–H and O–H groups in total. The highest BCUT2D eigenvalue weighted by Gasteiger charge is 2.42. The molecule has 13 nitrogen and oxygen atoms in total. The van der Waals surface area contributed by atoms with Crippen molar-refractivity contribution in [3.8, 4) is 34.4 Å². The van der Waals surface area contributed by atoms with Gasteiger partial charge in [0.2, 0.25) is 15.9 Å².